The minimum atomic E-state index is -0.440. The molecule has 0 bridgehead atoms. The molecule has 1 saturated carbocycles. The summed E-state index contributed by atoms with van der Waals surface area (Å²) in [4.78, 5) is 11.9. The summed E-state index contributed by atoms with van der Waals surface area (Å²) in [5.41, 5.74) is 5.40. The summed E-state index contributed by atoms with van der Waals surface area (Å²) < 4.78 is 4.94. The van der Waals surface area contributed by atoms with Crippen molar-refractivity contribution in [1.82, 2.24) is 0 Å². The van der Waals surface area contributed by atoms with Crippen LogP contribution in [0.3, 0.4) is 0 Å². The van der Waals surface area contributed by atoms with E-state index in [2.05, 4.69) is 13.8 Å². The molecule has 2 N–H and O–H groups in total. The maximum Gasteiger partial charge on any atom is 0.313 e. The number of esters is 1. The van der Waals surface area contributed by atoms with E-state index in [9.17, 15) is 4.79 Å². The van der Waals surface area contributed by atoms with E-state index in [0.717, 1.165) is 12.8 Å². The molecule has 0 radical (unpaired) electrons. The van der Waals surface area contributed by atoms with Crippen molar-refractivity contribution in [2.24, 2.45) is 23.0 Å². The first-order valence-corrected chi connectivity index (χ1v) is 5.89. The second-order valence-corrected chi connectivity index (χ2v) is 4.81. The van der Waals surface area contributed by atoms with E-state index in [1.165, 1.54) is 20.0 Å². The lowest BCUT2D eigenvalue weighted by Gasteiger charge is -2.35. The number of carbonyl (C=O) groups is 1. The van der Waals surface area contributed by atoms with Gasteiger partial charge in [-0.3, -0.25) is 4.79 Å². The smallest absolute Gasteiger partial charge is 0.313 e. The first-order chi connectivity index (χ1) is 7.10. The maximum atomic E-state index is 11.9. The molecule has 2 atom stereocenters. The Bertz CT molecular complexity index is 226. The van der Waals surface area contributed by atoms with Gasteiger partial charge < -0.3 is 10.5 Å². The molecule has 1 rings (SSSR count). The van der Waals surface area contributed by atoms with Gasteiger partial charge in [0.25, 0.3) is 0 Å². The van der Waals surface area contributed by atoms with Gasteiger partial charge in [0.1, 0.15) is 0 Å². The van der Waals surface area contributed by atoms with E-state index in [0.29, 0.717) is 18.4 Å². The molecule has 15 heavy (non-hydrogen) atoms. The van der Waals surface area contributed by atoms with E-state index < -0.39 is 5.41 Å². The van der Waals surface area contributed by atoms with Crippen molar-refractivity contribution in [3.05, 3.63) is 0 Å². The summed E-state index contributed by atoms with van der Waals surface area (Å²) in [5, 5.41) is 0. The normalized spacial score (nSPS) is 21.9. The fourth-order valence-corrected chi connectivity index (χ4v) is 2.28. The molecule has 88 valence electrons. The highest BCUT2D eigenvalue weighted by atomic mass is 16.5. The molecule has 0 aliphatic heterocycles. The molecule has 3 nitrogen and oxygen atoms in total. The van der Waals surface area contributed by atoms with Gasteiger partial charge in [0.05, 0.1) is 12.5 Å². The Morgan fingerprint density at radius 3 is 2.53 bits per heavy atom. The lowest BCUT2D eigenvalue weighted by molar-refractivity contribution is -0.156. The van der Waals surface area contributed by atoms with Crippen LogP contribution in [0.5, 0.6) is 0 Å². The number of methoxy groups -OCH3 is 1. The van der Waals surface area contributed by atoms with Crippen molar-refractivity contribution in [3.63, 3.8) is 0 Å². The third-order valence-corrected chi connectivity index (χ3v) is 3.86. The number of carbonyl (C=O) groups excluding carboxylic acids is 1. The molecular weight excluding hydrogens is 190 g/mol. The Balaban J connectivity index is 2.82. The molecule has 2 unspecified atom stereocenters. The van der Waals surface area contributed by atoms with Crippen molar-refractivity contribution in [3.8, 4) is 0 Å². The minimum Gasteiger partial charge on any atom is -0.469 e. The first-order valence-electron chi connectivity index (χ1n) is 5.89. The number of hydrogen-bond donors (Lipinski definition) is 1. The van der Waals surface area contributed by atoms with Gasteiger partial charge in [0.2, 0.25) is 0 Å². The van der Waals surface area contributed by atoms with Crippen LogP contribution >= 0.6 is 0 Å². The van der Waals surface area contributed by atoms with Crippen molar-refractivity contribution >= 4 is 5.97 Å². The lowest BCUT2D eigenvalue weighted by atomic mass is 9.71. The Kier molecular flexibility index (Phi) is 4.14. The fraction of sp³-hybridized carbons (Fsp3) is 0.917. The van der Waals surface area contributed by atoms with Gasteiger partial charge in [-0.25, -0.2) is 0 Å². The molecule has 0 aromatic carbocycles. The van der Waals surface area contributed by atoms with E-state index in [1.807, 2.05) is 0 Å². The average Bonchev–Trinajstić information content (AvgIpc) is 3.07. The zero-order valence-corrected chi connectivity index (χ0v) is 10.1. The van der Waals surface area contributed by atoms with Gasteiger partial charge in [-0.05, 0) is 18.3 Å². The van der Waals surface area contributed by atoms with E-state index in [4.69, 9.17) is 10.5 Å². The Morgan fingerprint density at radius 2 is 2.20 bits per heavy atom. The zero-order valence-electron chi connectivity index (χ0n) is 10.1. The highest BCUT2D eigenvalue weighted by Gasteiger charge is 2.46. The average molecular weight is 213 g/mol. The lowest BCUT2D eigenvalue weighted by Crippen LogP contribution is -2.45. The molecule has 1 aliphatic carbocycles. The molecule has 1 fully saturated rings. The van der Waals surface area contributed by atoms with Crippen molar-refractivity contribution in [2.75, 3.05) is 13.7 Å². The third-order valence-electron chi connectivity index (χ3n) is 3.86. The fourth-order valence-electron chi connectivity index (χ4n) is 2.28. The van der Waals surface area contributed by atoms with E-state index >= 15 is 0 Å². The van der Waals surface area contributed by atoms with Crippen LogP contribution in [0.4, 0.5) is 0 Å². The number of ether oxygens (including phenoxy) is 1. The van der Waals surface area contributed by atoms with Crippen LogP contribution in [0, 0.1) is 17.3 Å². The molecular formula is C12H23NO2. The first kappa shape index (κ1) is 12.5. The predicted octanol–water partition coefficient (Wildman–Crippen LogP) is 1.95. The second-order valence-electron chi connectivity index (χ2n) is 4.81. The molecule has 3 heteroatoms. The topological polar surface area (TPSA) is 52.3 Å². The van der Waals surface area contributed by atoms with Crippen LogP contribution in [-0.2, 0) is 9.53 Å². The van der Waals surface area contributed by atoms with Crippen LogP contribution in [-0.4, -0.2) is 19.6 Å². The number of hydrogen-bond acceptors (Lipinski definition) is 3. The van der Waals surface area contributed by atoms with E-state index in [1.54, 1.807) is 0 Å². The van der Waals surface area contributed by atoms with Gasteiger partial charge in [-0.1, -0.05) is 33.1 Å². The Labute approximate surface area is 92.4 Å². The highest BCUT2D eigenvalue weighted by Crippen LogP contribution is 2.45. The van der Waals surface area contributed by atoms with Gasteiger partial charge in [-0.2, -0.15) is 0 Å². The largest absolute Gasteiger partial charge is 0.469 e. The summed E-state index contributed by atoms with van der Waals surface area (Å²) in [6, 6.07) is 0. The standard InChI is InChI=1S/C12H23NO2/c1-4-9(2)12(8-13,11(14)15-3)7-10-5-6-10/h9-10H,4-8,13H2,1-3H3. The summed E-state index contributed by atoms with van der Waals surface area (Å²) in [6.07, 6.45) is 4.37. The predicted molar refractivity (Wildman–Crippen MR) is 60.3 cm³/mol. The second kappa shape index (κ2) is 4.97. The van der Waals surface area contributed by atoms with Gasteiger partial charge >= 0.3 is 5.97 Å². The number of nitrogens with two attached hydrogens (primary N) is 1. The summed E-state index contributed by atoms with van der Waals surface area (Å²) in [7, 11) is 1.46. The Morgan fingerprint density at radius 1 is 1.60 bits per heavy atom. The molecule has 0 heterocycles. The highest BCUT2D eigenvalue weighted by molar-refractivity contribution is 5.77. The Hall–Kier alpha value is -0.570. The summed E-state index contributed by atoms with van der Waals surface area (Å²) in [6.45, 7) is 4.61. The summed E-state index contributed by atoms with van der Waals surface area (Å²) >= 11 is 0. The van der Waals surface area contributed by atoms with E-state index in [-0.39, 0.29) is 5.97 Å². The maximum absolute atomic E-state index is 11.9. The van der Waals surface area contributed by atoms with Gasteiger partial charge in [-0.15, -0.1) is 0 Å². The number of rotatable bonds is 6. The SMILES string of the molecule is CCC(C)C(CN)(CC1CC1)C(=O)OC. The van der Waals surface area contributed by atoms with Gasteiger partial charge in [0.15, 0.2) is 0 Å². The van der Waals surface area contributed by atoms with Crippen LogP contribution in [0.25, 0.3) is 0 Å². The summed E-state index contributed by atoms with van der Waals surface area (Å²) in [5.74, 6) is 0.878. The molecule has 0 aromatic heterocycles. The minimum absolute atomic E-state index is 0.119. The monoisotopic (exact) mass is 213 g/mol. The third kappa shape index (κ3) is 2.51. The van der Waals surface area contributed by atoms with Crippen molar-refractivity contribution < 1.29 is 9.53 Å². The molecule has 0 amide bonds. The zero-order chi connectivity index (χ0) is 11.5. The van der Waals surface area contributed by atoms with Crippen molar-refractivity contribution in [2.45, 2.75) is 39.5 Å². The molecule has 0 saturated heterocycles. The van der Waals surface area contributed by atoms with Crippen LogP contribution < -0.4 is 5.73 Å². The quantitative estimate of drug-likeness (QED) is 0.686. The van der Waals surface area contributed by atoms with Gasteiger partial charge in [0, 0.05) is 6.54 Å². The molecule has 0 aromatic rings. The van der Waals surface area contributed by atoms with Crippen LogP contribution in [0.2, 0.25) is 0 Å². The molecule has 0 spiro atoms. The van der Waals surface area contributed by atoms with Crippen LogP contribution in [0.15, 0.2) is 0 Å². The van der Waals surface area contributed by atoms with Crippen molar-refractivity contribution in [1.29, 1.82) is 0 Å². The van der Waals surface area contributed by atoms with Crippen LogP contribution in [0.1, 0.15) is 39.5 Å². The molecule has 1 aliphatic rings.